The lowest BCUT2D eigenvalue weighted by molar-refractivity contribution is 0.462. The van der Waals surface area contributed by atoms with Gasteiger partial charge in [0.15, 0.2) is 9.84 Å². The Morgan fingerprint density at radius 2 is 2.05 bits per heavy atom. The Morgan fingerprint density at radius 1 is 1.42 bits per heavy atom. The van der Waals surface area contributed by atoms with Crippen LogP contribution in [0.5, 0.6) is 0 Å². The minimum absolute atomic E-state index is 0.0237. The monoisotopic (exact) mass is 363 g/mol. The van der Waals surface area contributed by atoms with E-state index in [1.165, 1.54) is 6.07 Å². The molecule has 1 saturated heterocycles. The number of rotatable bonds is 3. The summed E-state index contributed by atoms with van der Waals surface area (Å²) in [5, 5.41) is 0. The molecular weight excluding hydrogens is 353 g/mol. The predicted octanol–water partition coefficient (Wildman–Crippen LogP) is 1.91. The molecule has 1 aliphatic heterocycles. The molecule has 1 aromatic heterocycles. The van der Waals surface area contributed by atoms with E-state index in [1.54, 1.807) is 6.92 Å². The van der Waals surface area contributed by atoms with Crippen molar-refractivity contribution in [1.29, 1.82) is 0 Å². The summed E-state index contributed by atoms with van der Waals surface area (Å²) in [6, 6.07) is 1.25. The predicted molar refractivity (Wildman–Crippen MR) is 76.3 cm³/mol. The van der Waals surface area contributed by atoms with Crippen LogP contribution in [-0.4, -0.2) is 33.9 Å². The van der Waals surface area contributed by atoms with Crippen LogP contribution in [0, 0.1) is 0 Å². The maximum Gasteiger partial charge on any atom is 0.243 e. The summed E-state index contributed by atoms with van der Waals surface area (Å²) >= 11 is 12.5. The minimum atomic E-state index is -3.88. The van der Waals surface area contributed by atoms with E-state index in [1.807, 2.05) is 0 Å². The molecule has 5 nitrogen and oxygen atoms in total. The number of hydrogen-bond acceptors (Lipinski definition) is 5. The van der Waals surface area contributed by atoms with E-state index in [4.69, 9.17) is 23.2 Å². The van der Waals surface area contributed by atoms with Crippen LogP contribution in [-0.2, 0) is 19.9 Å². The molecule has 19 heavy (non-hydrogen) atoms. The van der Waals surface area contributed by atoms with Gasteiger partial charge in [-0.2, -0.15) is 0 Å². The van der Waals surface area contributed by atoms with Crippen molar-refractivity contribution in [3.05, 3.63) is 14.7 Å². The standard InChI is InChI=1S/C9H11Cl2NO4S3/c1-9(2-3-18(13,14)5-9)12-19(15,16)6-4-7(10)17-8(6)11/h4,12H,2-3,5H2,1H3. The van der Waals surface area contributed by atoms with Crippen LogP contribution in [0.3, 0.4) is 0 Å². The molecule has 10 heteroatoms. The van der Waals surface area contributed by atoms with E-state index in [0.29, 0.717) is 0 Å². The highest BCUT2D eigenvalue weighted by Crippen LogP contribution is 2.35. The Kier molecular flexibility index (Phi) is 3.97. The van der Waals surface area contributed by atoms with Gasteiger partial charge in [-0.15, -0.1) is 11.3 Å². The second kappa shape index (κ2) is 4.85. The van der Waals surface area contributed by atoms with Crippen LogP contribution >= 0.6 is 34.5 Å². The van der Waals surface area contributed by atoms with Gasteiger partial charge in [0.25, 0.3) is 0 Å². The molecule has 0 saturated carbocycles. The second-order valence-corrected chi connectivity index (χ2v) is 10.8. The third-order valence-electron chi connectivity index (χ3n) is 2.80. The minimum Gasteiger partial charge on any atom is -0.229 e. The second-order valence-electron chi connectivity index (χ2n) is 4.70. The molecule has 108 valence electrons. The Bertz CT molecular complexity index is 710. The molecule has 1 N–H and O–H groups in total. The molecule has 1 atom stereocenters. The molecule has 2 rings (SSSR count). The molecule has 0 spiro atoms. The van der Waals surface area contributed by atoms with E-state index in [-0.39, 0.29) is 31.5 Å². The Balaban J connectivity index is 2.31. The number of thiophene rings is 1. The zero-order valence-electron chi connectivity index (χ0n) is 9.81. The summed E-state index contributed by atoms with van der Waals surface area (Å²) in [5.41, 5.74) is -1.00. The van der Waals surface area contributed by atoms with Crippen molar-refractivity contribution < 1.29 is 16.8 Å². The summed E-state index contributed by atoms with van der Waals surface area (Å²) in [6.07, 6.45) is 0.240. The maximum atomic E-state index is 12.2. The third kappa shape index (κ3) is 3.43. The summed E-state index contributed by atoms with van der Waals surface area (Å²) in [6.45, 7) is 1.57. The van der Waals surface area contributed by atoms with Crippen molar-refractivity contribution in [2.24, 2.45) is 0 Å². The molecule has 1 unspecified atom stereocenters. The number of nitrogens with one attached hydrogen (secondary N) is 1. The zero-order valence-corrected chi connectivity index (χ0v) is 13.8. The van der Waals surface area contributed by atoms with Gasteiger partial charge in [0.05, 0.1) is 15.8 Å². The number of sulfonamides is 1. The highest BCUT2D eigenvalue weighted by Gasteiger charge is 2.42. The van der Waals surface area contributed by atoms with Crippen molar-refractivity contribution in [3.63, 3.8) is 0 Å². The van der Waals surface area contributed by atoms with Gasteiger partial charge in [-0.05, 0) is 19.4 Å². The first-order chi connectivity index (χ1) is 8.53. The van der Waals surface area contributed by atoms with E-state index in [9.17, 15) is 16.8 Å². The van der Waals surface area contributed by atoms with E-state index < -0.39 is 25.4 Å². The topological polar surface area (TPSA) is 80.3 Å². The first kappa shape index (κ1) is 15.5. The molecular formula is C9H11Cl2NO4S3. The quantitative estimate of drug-likeness (QED) is 0.889. The van der Waals surface area contributed by atoms with Crippen molar-refractivity contribution >= 4 is 54.4 Å². The maximum absolute atomic E-state index is 12.2. The lowest BCUT2D eigenvalue weighted by atomic mass is 10.0. The molecule has 0 radical (unpaired) electrons. The summed E-state index contributed by atoms with van der Waals surface area (Å²) in [5.74, 6) is -0.237. The van der Waals surface area contributed by atoms with Crippen molar-refractivity contribution in [1.82, 2.24) is 4.72 Å². The van der Waals surface area contributed by atoms with Gasteiger partial charge in [-0.3, -0.25) is 0 Å². The van der Waals surface area contributed by atoms with Crippen LogP contribution in [0.15, 0.2) is 11.0 Å². The highest BCUT2D eigenvalue weighted by atomic mass is 35.5. The van der Waals surface area contributed by atoms with Crippen molar-refractivity contribution in [2.75, 3.05) is 11.5 Å². The average molecular weight is 364 g/mol. The van der Waals surface area contributed by atoms with Crippen LogP contribution in [0.1, 0.15) is 13.3 Å². The van der Waals surface area contributed by atoms with Gasteiger partial charge in [-0.25, -0.2) is 21.6 Å². The van der Waals surface area contributed by atoms with Gasteiger partial charge in [0.2, 0.25) is 10.0 Å². The fraction of sp³-hybridized carbons (Fsp3) is 0.556. The zero-order chi connectivity index (χ0) is 14.5. The lowest BCUT2D eigenvalue weighted by Crippen LogP contribution is -2.46. The summed E-state index contributed by atoms with van der Waals surface area (Å²) < 4.78 is 50.0. The van der Waals surface area contributed by atoms with Gasteiger partial charge in [0.1, 0.15) is 9.23 Å². The lowest BCUT2D eigenvalue weighted by Gasteiger charge is -2.23. The molecule has 1 aromatic rings. The smallest absolute Gasteiger partial charge is 0.229 e. The number of halogens is 2. The molecule has 1 fully saturated rings. The van der Waals surface area contributed by atoms with Crippen molar-refractivity contribution in [3.8, 4) is 0 Å². The number of sulfone groups is 1. The van der Waals surface area contributed by atoms with E-state index in [2.05, 4.69) is 4.72 Å². The van der Waals surface area contributed by atoms with Crippen LogP contribution in [0.25, 0.3) is 0 Å². The van der Waals surface area contributed by atoms with Crippen LogP contribution in [0.2, 0.25) is 8.67 Å². The van der Waals surface area contributed by atoms with E-state index in [0.717, 1.165) is 11.3 Å². The largest absolute Gasteiger partial charge is 0.243 e. The molecule has 0 bridgehead atoms. The Morgan fingerprint density at radius 3 is 2.47 bits per heavy atom. The first-order valence-corrected chi connectivity index (χ1v) is 10.1. The van der Waals surface area contributed by atoms with Crippen LogP contribution in [0.4, 0.5) is 0 Å². The summed E-state index contributed by atoms with van der Waals surface area (Å²) in [4.78, 5) is -0.116. The summed E-state index contributed by atoms with van der Waals surface area (Å²) in [7, 11) is -7.08. The molecule has 0 amide bonds. The highest BCUT2D eigenvalue weighted by molar-refractivity contribution is 7.92. The average Bonchev–Trinajstić information content (AvgIpc) is 2.66. The van der Waals surface area contributed by atoms with Crippen molar-refractivity contribution in [2.45, 2.75) is 23.8 Å². The van der Waals surface area contributed by atoms with Gasteiger partial charge < -0.3 is 0 Å². The Hall–Kier alpha value is 0.140. The Labute approximate surface area is 125 Å². The molecule has 0 aliphatic carbocycles. The molecule has 0 aromatic carbocycles. The molecule has 2 heterocycles. The van der Waals surface area contributed by atoms with Gasteiger partial charge in [-0.1, -0.05) is 23.2 Å². The SMILES string of the molecule is CC1(NS(=O)(=O)c2cc(Cl)sc2Cl)CCS(=O)(=O)C1. The van der Waals surface area contributed by atoms with Gasteiger partial charge in [0, 0.05) is 5.54 Å². The number of hydrogen-bond donors (Lipinski definition) is 1. The fourth-order valence-electron chi connectivity index (χ4n) is 1.98. The van der Waals surface area contributed by atoms with E-state index >= 15 is 0 Å². The first-order valence-electron chi connectivity index (χ1n) is 5.22. The molecule has 1 aliphatic rings. The third-order valence-corrected chi connectivity index (χ3v) is 8.09. The van der Waals surface area contributed by atoms with Gasteiger partial charge >= 0.3 is 0 Å². The fourth-order valence-corrected chi connectivity index (χ4v) is 7.75. The van der Waals surface area contributed by atoms with Crippen LogP contribution < -0.4 is 4.72 Å². The normalized spacial score (nSPS) is 26.7.